The second-order valence-electron chi connectivity index (χ2n) is 7.09. The fraction of sp³-hybridized carbons (Fsp3) is 0.474. The highest BCUT2D eigenvalue weighted by Crippen LogP contribution is 2.29. The Morgan fingerprint density at radius 2 is 1.75 bits per heavy atom. The molecule has 0 atom stereocenters. The van der Waals surface area contributed by atoms with Crippen molar-refractivity contribution in [2.24, 2.45) is 0 Å². The van der Waals surface area contributed by atoms with E-state index in [2.05, 4.69) is 15.2 Å². The van der Waals surface area contributed by atoms with Gasteiger partial charge in [-0.2, -0.15) is 18.3 Å². The van der Waals surface area contributed by atoms with E-state index in [0.717, 1.165) is 49.2 Å². The summed E-state index contributed by atoms with van der Waals surface area (Å²) in [6.45, 7) is 1.92. The van der Waals surface area contributed by atoms with Crippen LogP contribution < -0.4 is 4.90 Å². The van der Waals surface area contributed by atoms with E-state index in [1.807, 2.05) is 11.0 Å². The van der Waals surface area contributed by atoms with E-state index >= 15 is 0 Å². The zero-order valence-electron chi connectivity index (χ0n) is 15.2. The van der Waals surface area contributed by atoms with Gasteiger partial charge < -0.3 is 9.80 Å². The number of alkyl halides is 3. The smallest absolute Gasteiger partial charge is 0.353 e. The number of halogens is 3. The molecule has 0 radical (unpaired) electrons. The molecular formula is C19H20F3N5O. The van der Waals surface area contributed by atoms with Crippen molar-refractivity contribution in [2.75, 3.05) is 31.1 Å². The van der Waals surface area contributed by atoms with Crippen LogP contribution in [0, 0.1) is 0 Å². The maximum absolute atomic E-state index is 12.7. The fourth-order valence-electron chi connectivity index (χ4n) is 3.64. The van der Waals surface area contributed by atoms with E-state index in [4.69, 9.17) is 0 Å². The third-order valence-corrected chi connectivity index (χ3v) is 5.25. The third-order valence-electron chi connectivity index (χ3n) is 5.25. The van der Waals surface area contributed by atoms with Gasteiger partial charge in [0.2, 0.25) is 0 Å². The molecule has 28 heavy (non-hydrogen) atoms. The summed E-state index contributed by atoms with van der Waals surface area (Å²) in [5.41, 5.74) is 1.69. The molecule has 0 N–H and O–H groups in total. The molecule has 2 aromatic heterocycles. The summed E-state index contributed by atoms with van der Waals surface area (Å²) in [5.74, 6) is 0.328. The molecule has 0 saturated carbocycles. The van der Waals surface area contributed by atoms with Crippen LogP contribution >= 0.6 is 0 Å². The van der Waals surface area contributed by atoms with Crippen molar-refractivity contribution in [3.05, 3.63) is 46.9 Å². The van der Waals surface area contributed by atoms with E-state index in [0.29, 0.717) is 37.7 Å². The summed E-state index contributed by atoms with van der Waals surface area (Å²) in [4.78, 5) is 20.3. The van der Waals surface area contributed by atoms with Crippen LogP contribution in [0.5, 0.6) is 0 Å². The first-order valence-electron chi connectivity index (χ1n) is 9.35. The Labute approximate surface area is 160 Å². The van der Waals surface area contributed by atoms with E-state index < -0.39 is 11.7 Å². The average molecular weight is 391 g/mol. The summed E-state index contributed by atoms with van der Waals surface area (Å²) < 4.78 is 38.0. The summed E-state index contributed by atoms with van der Waals surface area (Å²) in [5, 5.41) is 8.32. The van der Waals surface area contributed by atoms with Crippen molar-refractivity contribution in [3.8, 4) is 0 Å². The number of rotatable bonds is 2. The second kappa shape index (κ2) is 7.37. The maximum Gasteiger partial charge on any atom is 0.417 e. The summed E-state index contributed by atoms with van der Waals surface area (Å²) in [6.07, 6.45) is 0.496. The average Bonchev–Trinajstić information content (AvgIpc) is 2.72. The number of carbonyl (C=O) groups is 1. The van der Waals surface area contributed by atoms with Crippen molar-refractivity contribution in [1.29, 1.82) is 0 Å². The van der Waals surface area contributed by atoms with Crippen molar-refractivity contribution in [1.82, 2.24) is 20.1 Å². The van der Waals surface area contributed by atoms with Crippen LogP contribution in [0.15, 0.2) is 24.4 Å². The minimum atomic E-state index is -4.40. The number of amides is 1. The Balaban J connectivity index is 1.39. The molecule has 1 aliphatic heterocycles. The number of hydrogen-bond acceptors (Lipinski definition) is 5. The molecule has 2 aliphatic rings. The topological polar surface area (TPSA) is 62.2 Å². The summed E-state index contributed by atoms with van der Waals surface area (Å²) in [6, 6.07) is 4.26. The lowest BCUT2D eigenvalue weighted by Gasteiger charge is -2.35. The van der Waals surface area contributed by atoms with Gasteiger partial charge in [-0.1, -0.05) is 0 Å². The number of pyridine rings is 1. The number of nitrogens with zero attached hydrogens (tertiary/aromatic N) is 5. The molecule has 4 rings (SSSR count). The summed E-state index contributed by atoms with van der Waals surface area (Å²) in [7, 11) is 0. The van der Waals surface area contributed by atoms with Crippen molar-refractivity contribution in [2.45, 2.75) is 31.9 Å². The predicted octanol–water partition coefficient (Wildman–Crippen LogP) is 2.73. The Kier molecular flexibility index (Phi) is 4.91. The molecule has 0 unspecified atom stereocenters. The van der Waals surface area contributed by atoms with Gasteiger partial charge in [0.15, 0.2) is 5.69 Å². The van der Waals surface area contributed by atoms with Crippen LogP contribution in [0.1, 0.15) is 40.2 Å². The van der Waals surface area contributed by atoms with Gasteiger partial charge in [0.05, 0.1) is 11.3 Å². The molecule has 0 aromatic carbocycles. The van der Waals surface area contributed by atoms with Gasteiger partial charge in [-0.05, 0) is 49.4 Å². The van der Waals surface area contributed by atoms with Gasteiger partial charge >= 0.3 is 6.18 Å². The molecular weight excluding hydrogens is 371 g/mol. The Morgan fingerprint density at radius 3 is 2.43 bits per heavy atom. The lowest BCUT2D eigenvalue weighted by molar-refractivity contribution is -0.137. The van der Waals surface area contributed by atoms with E-state index in [9.17, 15) is 18.0 Å². The number of aromatic nitrogens is 3. The molecule has 2 aromatic rings. The highest BCUT2D eigenvalue weighted by atomic mass is 19.4. The molecule has 1 fully saturated rings. The van der Waals surface area contributed by atoms with Gasteiger partial charge in [-0.25, -0.2) is 4.98 Å². The van der Waals surface area contributed by atoms with Gasteiger partial charge in [0.25, 0.3) is 5.91 Å². The largest absolute Gasteiger partial charge is 0.417 e. The second-order valence-corrected chi connectivity index (χ2v) is 7.09. The summed E-state index contributed by atoms with van der Waals surface area (Å²) >= 11 is 0. The van der Waals surface area contributed by atoms with Crippen LogP contribution in [0.3, 0.4) is 0 Å². The van der Waals surface area contributed by atoms with E-state index in [1.165, 1.54) is 6.07 Å². The highest BCUT2D eigenvalue weighted by Gasteiger charge is 2.31. The monoisotopic (exact) mass is 391 g/mol. The van der Waals surface area contributed by atoms with Crippen LogP contribution in [0.4, 0.5) is 19.0 Å². The minimum Gasteiger partial charge on any atom is -0.353 e. The molecule has 3 heterocycles. The standard InChI is InChI=1S/C19H20F3N5O/c20-19(21,22)14-5-6-17(23-12-14)26-7-9-27(10-8-26)18(28)16-11-13-3-1-2-4-15(13)24-25-16/h5-6,11-12H,1-4,7-10H2. The molecule has 6 nitrogen and oxygen atoms in total. The SMILES string of the molecule is O=C(c1cc2c(nn1)CCCC2)N1CCN(c2ccc(C(F)(F)F)cn2)CC1. The first-order valence-corrected chi connectivity index (χ1v) is 9.35. The minimum absolute atomic E-state index is 0.152. The lowest BCUT2D eigenvalue weighted by atomic mass is 9.96. The quantitative estimate of drug-likeness (QED) is 0.788. The Morgan fingerprint density at radius 1 is 1.00 bits per heavy atom. The Bertz CT molecular complexity index is 861. The van der Waals surface area contributed by atoms with Gasteiger partial charge in [-0.15, -0.1) is 5.10 Å². The Hall–Kier alpha value is -2.71. The van der Waals surface area contributed by atoms with Crippen molar-refractivity contribution in [3.63, 3.8) is 0 Å². The van der Waals surface area contributed by atoms with E-state index in [1.54, 1.807) is 4.90 Å². The van der Waals surface area contributed by atoms with Gasteiger partial charge in [0, 0.05) is 32.4 Å². The molecule has 0 bridgehead atoms. The van der Waals surface area contributed by atoms with Crippen molar-refractivity contribution < 1.29 is 18.0 Å². The lowest BCUT2D eigenvalue weighted by Crippen LogP contribution is -2.49. The maximum atomic E-state index is 12.7. The fourth-order valence-corrected chi connectivity index (χ4v) is 3.64. The molecule has 0 spiro atoms. The van der Waals surface area contributed by atoms with Gasteiger partial charge in [-0.3, -0.25) is 4.79 Å². The number of anilines is 1. The molecule has 148 valence electrons. The number of piperazine rings is 1. The third kappa shape index (κ3) is 3.79. The number of hydrogen-bond donors (Lipinski definition) is 0. The first-order chi connectivity index (χ1) is 13.4. The van der Waals surface area contributed by atoms with Crippen LogP contribution in [0.25, 0.3) is 0 Å². The normalized spacial score (nSPS) is 17.4. The van der Waals surface area contributed by atoms with Gasteiger partial charge in [0.1, 0.15) is 5.82 Å². The molecule has 1 aliphatic carbocycles. The van der Waals surface area contributed by atoms with Crippen LogP contribution in [-0.2, 0) is 19.0 Å². The first kappa shape index (κ1) is 18.6. The van der Waals surface area contributed by atoms with Crippen LogP contribution in [-0.4, -0.2) is 52.2 Å². The molecule has 1 saturated heterocycles. The highest BCUT2D eigenvalue weighted by molar-refractivity contribution is 5.92. The molecule has 9 heteroatoms. The zero-order chi connectivity index (χ0) is 19.7. The number of fused-ring (bicyclic) bond motifs is 1. The number of carbonyl (C=O) groups excluding carboxylic acids is 1. The molecule has 1 amide bonds. The zero-order valence-corrected chi connectivity index (χ0v) is 15.2. The predicted molar refractivity (Wildman–Crippen MR) is 96.0 cm³/mol. The number of aryl methyl sites for hydroxylation is 2. The van der Waals surface area contributed by atoms with Crippen LogP contribution in [0.2, 0.25) is 0 Å². The van der Waals surface area contributed by atoms with Crippen molar-refractivity contribution >= 4 is 11.7 Å². The van der Waals surface area contributed by atoms with E-state index in [-0.39, 0.29) is 5.91 Å².